The number of nitrogens with one attached hydrogen (secondary N) is 2. The second-order valence-electron chi connectivity index (χ2n) is 5.61. The molecule has 110 valence electrons. The first-order valence-corrected chi connectivity index (χ1v) is 7.49. The van der Waals surface area contributed by atoms with Gasteiger partial charge in [-0.1, -0.05) is 24.1 Å². The van der Waals surface area contributed by atoms with E-state index in [-0.39, 0.29) is 5.91 Å². The van der Waals surface area contributed by atoms with Gasteiger partial charge in [0.2, 0.25) is 0 Å². The number of carbonyl (C=O) groups excluding carboxylic acids is 1. The van der Waals surface area contributed by atoms with E-state index in [0.717, 1.165) is 24.2 Å². The van der Waals surface area contributed by atoms with Crippen LogP contribution in [0.2, 0.25) is 0 Å². The van der Waals surface area contributed by atoms with Gasteiger partial charge in [-0.2, -0.15) is 0 Å². The second-order valence-corrected chi connectivity index (χ2v) is 5.61. The highest BCUT2D eigenvalue weighted by molar-refractivity contribution is 5.94. The van der Waals surface area contributed by atoms with Crippen LogP contribution in [0.1, 0.15) is 35.2 Å². The fraction of sp³-hybridized carbons (Fsp3) is 0.562. The SMILES string of the molecule is Cc1ccc(C(=O)NCCNC2CCCC2CN)cc1. The molecule has 0 saturated heterocycles. The minimum absolute atomic E-state index is 0.00593. The monoisotopic (exact) mass is 275 g/mol. The van der Waals surface area contributed by atoms with Gasteiger partial charge in [0.1, 0.15) is 0 Å². The van der Waals surface area contributed by atoms with Gasteiger partial charge in [-0.15, -0.1) is 0 Å². The summed E-state index contributed by atoms with van der Waals surface area (Å²) in [5, 5.41) is 6.45. The highest BCUT2D eigenvalue weighted by atomic mass is 16.1. The van der Waals surface area contributed by atoms with Crippen LogP contribution in [0, 0.1) is 12.8 Å². The van der Waals surface area contributed by atoms with Crippen molar-refractivity contribution in [1.29, 1.82) is 0 Å². The maximum absolute atomic E-state index is 11.9. The molecule has 1 aromatic rings. The molecule has 2 rings (SSSR count). The van der Waals surface area contributed by atoms with Crippen molar-refractivity contribution in [2.75, 3.05) is 19.6 Å². The number of rotatable bonds is 6. The number of amides is 1. The number of hydrogen-bond acceptors (Lipinski definition) is 3. The molecule has 4 heteroatoms. The zero-order valence-electron chi connectivity index (χ0n) is 12.2. The first-order valence-electron chi connectivity index (χ1n) is 7.49. The van der Waals surface area contributed by atoms with Gasteiger partial charge >= 0.3 is 0 Å². The molecule has 0 radical (unpaired) electrons. The van der Waals surface area contributed by atoms with Gasteiger partial charge in [0, 0.05) is 24.7 Å². The quantitative estimate of drug-likeness (QED) is 0.688. The van der Waals surface area contributed by atoms with Crippen LogP contribution in [-0.2, 0) is 0 Å². The maximum atomic E-state index is 11.9. The number of hydrogen-bond donors (Lipinski definition) is 3. The fourth-order valence-corrected chi connectivity index (χ4v) is 2.83. The van der Waals surface area contributed by atoms with Crippen LogP contribution < -0.4 is 16.4 Å². The summed E-state index contributed by atoms with van der Waals surface area (Å²) in [6.07, 6.45) is 3.69. The molecule has 2 atom stereocenters. The van der Waals surface area contributed by atoms with E-state index in [1.807, 2.05) is 31.2 Å². The van der Waals surface area contributed by atoms with Gasteiger partial charge in [0.15, 0.2) is 0 Å². The third-order valence-corrected chi connectivity index (χ3v) is 4.09. The maximum Gasteiger partial charge on any atom is 0.251 e. The molecule has 1 saturated carbocycles. The van der Waals surface area contributed by atoms with Gasteiger partial charge < -0.3 is 16.4 Å². The molecule has 1 fully saturated rings. The summed E-state index contributed by atoms with van der Waals surface area (Å²) in [6.45, 7) is 4.23. The van der Waals surface area contributed by atoms with Crippen molar-refractivity contribution in [2.45, 2.75) is 32.2 Å². The number of aryl methyl sites for hydroxylation is 1. The van der Waals surface area contributed by atoms with Gasteiger partial charge in [-0.25, -0.2) is 0 Å². The summed E-state index contributed by atoms with van der Waals surface area (Å²) in [5.41, 5.74) is 7.64. The van der Waals surface area contributed by atoms with Crippen LogP contribution in [0.5, 0.6) is 0 Å². The van der Waals surface area contributed by atoms with Crippen molar-refractivity contribution >= 4 is 5.91 Å². The molecule has 2 unspecified atom stereocenters. The predicted molar refractivity (Wildman–Crippen MR) is 81.7 cm³/mol. The molecular weight excluding hydrogens is 250 g/mol. The lowest BCUT2D eigenvalue weighted by molar-refractivity contribution is 0.0953. The second kappa shape index (κ2) is 7.41. The number of carbonyl (C=O) groups is 1. The van der Waals surface area contributed by atoms with Crippen LogP contribution in [0.15, 0.2) is 24.3 Å². The van der Waals surface area contributed by atoms with Crippen LogP contribution >= 0.6 is 0 Å². The molecule has 1 aliphatic carbocycles. The largest absolute Gasteiger partial charge is 0.351 e. The van der Waals surface area contributed by atoms with Crippen molar-refractivity contribution in [3.8, 4) is 0 Å². The molecule has 0 bridgehead atoms. The van der Waals surface area contributed by atoms with E-state index in [9.17, 15) is 4.79 Å². The Morgan fingerprint density at radius 1 is 1.25 bits per heavy atom. The molecule has 1 aromatic carbocycles. The van der Waals surface area contributed by atoms with Crippen molar-refractivity contribution in [3.63, 3.8) is 0 Å². The lowest BCUT2D eigenvalue weighted by Crippen LogP contribution is -2.40. The average Bonchev–Trinajstić information content (AvgIpc) is 2.91. The minimum atomic E-state index is -0.00593. The van der Waals surface area contributed by atoms with Gasteiger partial charge in [0.05, 0.1) is 0 Å². The Hall–Kier alpha value is -1.39. The van der Waals surface area contributed by atoms with Crippen LogP contribution in [0.25, 0.3) is 0 Å². The third kappa shape index (κ3) is 4.05. The average molecular weight is 275 g/mol. The smallest absolute Gasteiger partial charge is 0.251 e. The van der Waals surface area contributed by atoms with Crippen LogP contribution in [0.4, 0.5) is 0 Å². The third-order valence-electron chi connectivity index (χ3n) is 4.09. The van der Waals surface area contributed by atoms with E-state index >= 15 is 0 Å². The minimum Gasteiger partial charge on any atom is -0.351 e. The Bertz CT molecular complexity index is 430. The highest BCUT2D eigenvalue weighted by Gasteiger charge is 2.24. The predicted octanol–water partition coefficient (Wildman–Crippen LogP) is 1.44. The molecule has 4 N–H and O–H groups in total. The molecule has 4 nitrogen and oxygen atoms in total. The number of benzene rings is 1. The van der Waals surface area contributed by atoms with E-state index < -0.39 is 0 Å². The topological polar surface area (TPSA) is 67.2 Å². The summed E-state index contributed by atoms with van der Waals surface area (Å²) in [5.74, 6) is 0.594. The Morgan fingerprint density at radius 3 is 2.70 bits per heavy atom. The Balaban J connectivity index is 1.68. The molecule has 0 heterocycles. The van der Waals surface area contributed by atoms with Crippen molar-refractivity contribution in [2.24, 2.45) is 11.7 Å². The van der Waals surface area contributed by atoms with E-state index in [1.165, 1.54) is 19.3 Å². The van der Waals surface area contributed by atoms with Gasteiger partial charge in [-0.05, 0) is 44.4 Å². The summed E-state index contributed by atoms with van der Waals surface area (Å²) in [7, 11) is 0. The molecule has 1 amide bonds. The number of nitrogens with two attached hydrogens (primary N) is 1. The van der Waals surface area contributed by atoms with Crippen molar-refractivity contribution < 1.29 is 4.79 Å². The highest BCUT2D eigenvalue weighted by Crippen LogP contribution is 2.24. The van der Waals surface area contributed by atoms with Crippen LogP contribution in [0.3, 0.4) is 0 Å². The van der Waals surface area contributed by atoms with Crippen LogP contribution in [-0.4, -0.2) is 31.6 Å². The zero-order chi connectivity index (χ0) is 14.4. The molecule has 0 aliphatic heterocycles. The van der Waals surface area contributed by atoms with E-state index in [2.05, 4.69) is 10.6 Å². The first kappa shape index (κ1) is 15.0. The molecular formula is C16H25N3O. The summed E-state index contributed by atoms with van der Waals surface area (Å²) in [4.78, 5) is 11.9. The van der Waals surface area contributed by atoms with Gasteiger partial charge in [-0.3, -0.25) is 4.79 Å². The normalized spacial score (nSPS) is 21.9. The lowest BCUT2D eigenvalue weighted by atomic mass is 10.0. The van der Waals surface area contributed by atoms with Crippen molar-refractivity contribution in [1.82, 2.24) is 10.6 Å². The molecule has 0 aromatic heterocycles. The summed E-state index contributed by atoms with van der Waals surface area (Å²) < 4.78 is 0. The van der Waals surface area contributed by atoms with E-state index in [4.69, 9.17) is 5.73 Å². The zero-order valence-corrected chi connectivity index (χ0v) is 12.2. The Labute approximate surface area is 121 Å². The lowest BCUT2D eigenvalue weighted by Gasteiger charge is -2.19. The summed E-state index contributed by atoms with van der Waals surface area (Å²) >= 11 is 0. The Kier molecular flexibility index (Phi) is 5.56. The Morgan fingerprint density at radius 2 is 2.00 bits per heavy atom. The van der Waals surface area contributed by atoms with E-state index in [1.54, 1.807) is 0 Å². The molecule has 0 spiro atoms. The molecule has 20 heavy (non-hydrogen) atoms. The van der Waals surface area contributed by atoms with Gasteiger partial charge in [0.25, 0.3) is 5.91 Å². The standard InChI is InChI=1S/C16H25N3O/c1-12-5-7-13(8-6-12)16(20)19-10-9-18-15-4-2-3-14(15)11-17/h5-8,14-15,18H,2-4,9-11,17H2,1H3,(H,19,20). The molecule has 1 aliphatic rings. The van der Waals surface area contributed by atoms with Crippen molar-refractivity contribution in [3.05, 3.63) is 35.4 Å². The summed E-state index contributed by atoms with van der Waals surface area (Å²) in [6, 6.07) is 8.16. The first-order chi connectivity index (χ1) is 9.70. The fourth-order valence-electron chi connectivity index (χ4n) is 2.83. The van der Waals surface area contributed by atoms with E-state index in [0.29, 0.717) is 18.5 Å².